The van der Waals surface area contributed by atoms with Crippen LogP contribution in [0, 0.1) is 0 Å². The number of likely N-dealkylation sites (N-methyl/N-ethyl adjacent to an activating group) is 1. The normalized spacial score (nSPS) is 19.1. The first-order chi connectivity index (χ1) is 22.9. The lowest BCUT2D eigenvalue weighted by molar-refractivity contribution is 0.0815. The van der Waals surface area contributed by atoms with E-state index in [9.17, 15) is 0 Å². The maximum atomic E-state index is 8.79. The Bertz CT molecular complexity index is 1900. The van der Waals surface area contributed by atoms with Crippen molar-refractivity contribution in [1.82, 2.24) is 34.5 Å². The minimum atomic E-state index is 0.146. The molecule has 3 aromatic carbocycles. The number of aromatic nitrogens is 5. The Hall–Kier alpha value is -5.00. The minimum absolute atomic E-state index is 0.146. The van der Waals surface area contributed by atoms with Crippen LogP contribution in [-0.2, 0) is 6.42 Å². The van der Waals surface area contributed by atoms with E-state index >= 15 is 0 Å². The summed E-state index contributed by atoms with van der Waals surface area (Å²) in [6.45, 7) is 4.67. The molecular weight excluding hydrogens is 590 g/mol. The molecule has 1 aliphatic carbocycles. The molecule has 2 aliphatic rings. The molecule has 47 heavy (non-hydrogen) atoms. The number of anilines is 2. The van der Waals surface area contributed by atoms with Gasteiger partial charge in [-0.1, -0.05) is 48.5 Å². The number of phenols is 1. The molecule has 0 spiro atoms. The Kier molecular flexibility index (Phi) is 8.73. The zero-order chi connectivity index (χ0) is 32.3. The zero-order valence-corrected chi connectivity index (χ0v) is 26.7. The van der Waals surface area contributed by atoms with Crippen LogP contribution in [-0.4, -0.2) is 78.9 Å². The molecule has 0 bridgehead atoms. The summed E-state index contributed by atoms with van der Waals surface area (Å²) in [6.07, 6.45) is 6.76. The number of rotatable bonds is 5. The first-order valence-corrected chi connectivity index (χ1v) is 16.3. The van der Waals surface area contributed by atoms with Crippen LogP contribution in [0.1, 0.15) is 43.2 Å². The SMILES string of the molecule is CN1CCN(C2CCC(n3nc(-c4ccc(Cc5nc6ccccc6o5)cc4)c4c(N)ncnc43)CC2)CC1.Nc1ccccc1O. The molecule has 5 N–H and O–H groups in total. The number of phenolic OH excluding ortho intramolecular Hbond substituents is 1. The number of para-hydroxylation sites is 4. The molecule has 11 heteroatoms. The van der Waals surface area contributed by atoms with Gasteiger partial charge in [0.1, 0.15) is 29.1 Å². The molecule has 2 fully saturated rings. The van der Waals surface area contributed by atoms with E-state index in [0.29, 0.717) is 35.9 Å². The lowest BCUT2D eigenvalue weighted by Gasteiger charge is -2.41. The molecule has 1 saturated carbocycles. The van der Waals surface area contributed by atoms with Crippen molar-refractivity contribution in [3.8, 4) is 17.0 Å². The number of hydrogen-bond donors (Lipinski definition) is 3. The number of nitrogens with two attached hydrogens (primary N) is 2. The van der Waals surface area contributed by atoms with Crippen molar-refractivity contribution >= 4 is 33.6 Å². The highest BCUT2D eigenvalue weighted by atomic mass is 16.3. The average Bonchev–Trinajstić information content (AvgIpc) is 3.69. The third-order valence-electron chi connectivity index (χ3n) is 9.44. The maximum absolute atomic E-state index is 8.79. The van der Waals surface area contributed by atoms with Gasteiger partial charge in [0.2, 0.25) is 0 Å². The van der Waals surface area contributed by atoms with Crippen molar-refractivity contribution in [3.05, 3.63) is 90.6 Å². The number of benzene rings is 3. The van der Waals surface area contributed by atoms with Crippen LogP contribution < -0.4 is 11.5 Å². The molecule has 8 rings (SSSR count). The largest absolute Gasteiger partial charge is 0.506 e. The van der Waals surface area contributed by atoms with Crippen LogP contribution in [0.5, 0.6) is 5.75 Å². The average molecular weight is 632 g/mol. The number of piperazine rings is 1. The van der Waals surface area contributed by atoms with E-state index in [1.807, 2.05) is 24.3 Å². The van der Waals surface area contributed by atoms with Crippen LogP contribution in [0.25, 0.3) is 33.4 Å². The number of hydrogen-bond acceptors (Lipinski definition) is 10. The Morgan fingerprint density at radius 3 is 2.23 bits per heavy atom. The van der Waals surface area contributed by atoms with Crippen molar-refractivity contribution in [2.75, 3.05) is 44.7 Å². The number of nitrogens with zero attached hydrogens (tertiary/aromatic N) is 7. The Morgan fingerprint density at radius 2 is 1.53 bits per heavy atom. The van der Waals surface area contributed by atoms with Crippen molar-refractivity contribution in [2.45, 2.75) is 44.2 Å². The molecular formula is C36H41N9O2. The summed E-state index contributed by atoms with van der Waals surface area (Å²) in [5, 5.41) is 14.7. The van der Waals surface area contributed by atoms with Gasteiger partial charge >= 0.3 is 0 Å². The Morgan fingerprint density at radius 1 is 0.830 bits per heavy atom. The molecule has 0 atom stereocenters. The van der Waals surface area contributed by atoms with Crippen molar-refractivity contribution in [1.29, 1.82) is 0 Å². The second-order valence-corrected chi connectivity index (χ2v) is 12.6. The smallest absolute Gasteiger partial charge is 0.199 e. The van der Waals surface area contributed by atoms with E-state index in [2.05, 4.69) is 60.7 Å². The van der Waals surface area contributed by atoms with E-state index in [4.69, 9.17) is 26.1 Å². The summed E-state index contributed by atoms with van der Waals surface area (Å²) < 4.78 is 8.04. The maximum Gasteiger partial charge on any atom is 0.199 e. The van der Waals surface area contributed by atoms with Gasteiger partial charge in [0, 0.05) is 44.2 Å². The zero-order valence-electron chi connectivity index (χ0n) is 26.7. The second-order valence-electron chi connectivity index (χ2n) is 12.6. The summed E-state index contributed by atoms with van der Waals surface area (Å²) in [4.78, 5) is 18.7. The van der Waals surface area contributed by atoms with Crippen molar-refractivity contribution in [2.24, 2.45) is 0 Å². The van der Waals surface area contributed by atoms with Crippen LogP contribution in [0.4, 0.5) is 11.5 Å². The van der Waals surface area contributed by atoms with E-state index < -0.39 is 0 Å². The highest BCUT2D eigenvalue weighted by Crippen LogP contribution is 2.37. The number of aromatic hydroxyl groups is 1. The van der Waals surface area contributed by atoms with Gasteiger partial charge in [0.15, 0.2) is 17.1 Å². The molecule has 0 unspecified atom stereocenters. The molecule has 0 amide bonds. The van der Waals surface area contributed by atoms with E-state index in [1.54, 1.807) is 30.6 Å². The predicted molar refractivity (Wildman–Crippen MR) is 185 cm³/mol. The van der Waals surface area contributed by atoms with E-state index in [1.165, 1.54) is 25.9 Å². The fourth-order valence-electron chi connectivity index (χ4n) is 6.75. The predicted octanol–water partition coefficient (Wildman–Crippen LogP) is 5.51. The highest BCUT2D eigenvalue weighted by Gasteiger charge is 2.30. The van der Waals surface area contributed by atoms with Gasteiger partial charge in [0.05, 0.1) is 17.1 Å². The summed E-state index contributed by atoms with van der Waals surface area (Å²) in [7, 11) is 2.22. The van der Waals surface area contributed by atoms with Crippen LogP contribution in [0.3, 0.4) is 0 Å². The van der Waals surface area contributed by atoms with Crippen LogP contribution in [0.2, 0.25) is 0 Å². The molecule has 0 radical (unpaired) electrons. The molecule has 11 nitrogen and oxygen atoms in total. The van der Waals surface area contributed by atoms with Crippen molar-refractivity contribution in [3.63, 3.8) is 0 Å². The summed E-state index contributed by atoms with van der Waals surface area (Å²) in [6, 6.07) is 24.0. The molecule has 1 aliphatic heterocycles. The standard InChI is InChI=1S/C30H34N8O.C6H7NO/c1-36-14-16-37(17-15-36)22-10-12-23(13-11-22)38-30-27(29(31)32-19-33-30)28(35-38)21-8-6-20(7-9-21)18-26-34-24-4-2-3-5-25(24)39-26;7-5-3-1-2-4-6(5)8/h2-9,19,22-23H,10-18H2,1H3,(H2,31,32,33);1-4,8H,7H2. The summed E-state index contributed by atoms with van der Waals surface area (Å²) in [5.74, 6) is 1.33. The van der Waals surface area contributed by atoms with E-state index in [-0.39, 0.29) is 5.75 Å². The molecule has 3 aromatic heterocycles. The van der Waals surface area contributed by atoms with Gasteiger partial charge in [-0.2, -0.15) is 5.10 Å². The minimum Gasteiger partial charge on any atom is -0.506 e. The number of nitrogen functional groups attached to an aromatic ring is 2. The lowest BCUT2D eigenvalue weighted by Crippen LogP contribution is -2.49. The van der Waals surface area contributed by atoms with Crippen LogP contribution >= 0.6 is 0 Å². The lowest BCUT2D eigenvalue weighted by atomic mass is 9.90. The van der Waals surface area contributed by atoms with Gasteiger partial charge in [0.25, 0.3) is 0 Å². The van der Waals surface area contributed by atoms with Gasteiger partial charge < -0.3 is 25.9 Å². The van der Waals surface area contributed by atoms with Gasteiger partial charge in [-0.3, -0.25) is 4.90 Å². The summed E-state index contributed by atoms with van der Waals surface area (Å²) in [5.41, 5.74) is 17.6. The monoisotopic (exact) mass is 631 g/mol. The number of fused-ring (bicyclic) bond motifs is 2. The molecule has 4 heterocycles. The molecule has 242 valence electrons. The van der Waals surface area contributed by atoms with Gasteiger partial charge in [-0.25, -0.2) is 19.6 Å². The van der Waals surface area contributed by atoms with Crippen molar-refractivity contribution < 1.29 is 9.52 Å². The topological polar surface area (TPSA) is 148 Å². The number of oxazole rings is 1. The first kappa shape index (κ1) is 30.6. The third-order valence-corrected chi connectivity index (χ3v) is 9.44. The Balaban J connectivity index is 0.000000386. The fourth-order valence-corrected chi connectivity index (χ4v) is 6.75. The first-order valence-electron chi connectivity index (χ1n) is 16.3. The third kappa shape index (κ3) is 6.63. The molecule has 1 saturated heterocycles. The second kappa shape index (κ2) is 13.4. The highest BCUT2D eigenvalue weighted by molar-refractivity contribution is 5.98. The van der Waals surface area contributed by atoms with E-state index in [0.717, 1.165) is 64.9 Å². The van der Waals surface area contributed by atoms with Crippen LogP contribution in [0.15, 0.2) is 83.5 Å². The summed E-state index contributed by atoms with van der Waals surface area (Å²) >= 11 is 0. The quantitative estimate of drug-likeness (QED) is 0.164. The molecule has 6 aromatic rings. The van der Waals surface area contributed by atoms with Gasteiger partial charge in [-0.15, -0.1) is 0 Å². The fraction of sp³-hybridized carbons (Fsp3) is 0.333. The van der Waals surface area contributed by atoms with Gasteiger partial charge in [-0.05, 0) is 62.6 Å². The Labute approximate surface area is 273 Å².